The van der Waals surface area contributed by atoms with E-state index in [2.05, 4.69) is 33.4 Å². The summed E-state index contributed by atoms with van der Waals surface area (Å²) >= 11 is 0. The third kappa shape index (κ3) is 2.39. The molecule has 3 rings (SSSR count). The molecular weight excluding hydrogens is 300 g/mol. The van der Waals surface area contributed by atoms with E-state index in [0.717, 1.165) is 38.5 Å². The maximum absolute atomic E-state index is 12.6. The van der Waals surface area contributed by atoms with Crippen LogP contribution in [0, 0.1) is 22.2 Å². The molecule has 5 atom stereocenters. The number of allylic oxidation sites excluding steroid dienone is 2. The molecule has 0 spiro atoms. The van der Waals surface area contributed by atoms with Gasteiger partial charge in [0.1, 0.15) is 0 Å². The lowest BCUT2D eigenvalue weighted by Gasteiger charge is -2.57. The van der Waals surface area contributed by atoms with Gasteiger partial charge in [0.2, 0.25) is 0 Å². The number of fused-ring (bicyclic) bond motifs is 2. The van der Waals surface area contributed by atoms with Crippen LogP contribution >= 0.6 is 0 Å². The second-order valence-electron chi connectivity index (χ2n) is 9.02. The Bertz CT molecular complexity index is 592. The highest BCUT2D eigenvalue weighted by Crippen LogP contribution is 2.63. The minimum absolute atomic E-state index is 0.0122. The Labute approximate surface area is 146 Å². The van der Waals surface area contributed by atoms with Gasteiger partial charge < -0.3 is 9.84 Å². The van der Waals surface area contributed by atoms with Crippen molar-refractivity contribution >= 4 is 5.97 Å². The first kappa shape index (κ1) is 17.7. The highest BCUT2D eigenvalue weighted by atomic mass is 16.5. The van der Waals surface area contributed by atoms with Gasteiger partial charge in [-0.15, -0.1) is 6.58 Å². The molecule has 3 aliphatic rings. The summed E-state index contributed by atoms with van der Waals surface area (Å²) in [7, 11) is 1.49. The molecule has 1 fully saturated rings. The number of rotatable bonds is 2. The maximum Gasteiger partial charge on any atom is 0.311 e. The molecule has 134 valence electrons. The van der Waals surface area contributed by atoms with Crippen molar-refractivity contribution < 1.29 is 14.6 Å². The van der Waals surface area contributed by atoms with Crippen LogP contribution in [0.3, 0.4) is 0 Å². The zero-order valence-electron chi connectivity index (χ0n) is 15.7. The average Bonchev–Trinajstić information content (AvgIpc) is 2.56. The molecule has 1 N–H and O–H groups in total. The van der Waals surface area contributed by atoms with Gasteiger partial charge in [0.25, 0.3) is 0 Å². The molecule has 0 amide bonds. The van der Waals surface area contributed by atoms with Crippen LogP contribution in [-0.2, 0) is 9.53 Å². The van der Waals surface area contributed by atoms with Gasteiger partial charge in [-0.1, -0.05) is 31.9 Å². The number of hydrogen-bond donors (Lipinski definition) is 1. The minimum Gasteiger partial charge on any atom is -0.469 e. The van der Waals surface area contributed by atoms with E-state index in [1.54, 1.807) is 0 Å². The van der Waals surface area contributed by atoms with E-state index >= 15 is 0 Å². The summed E-state index contributed by atoms with van der Waals surface area (Å²) < 4.78 is 5.16. The van der Waals surface area contributed by atoms with Gasteiger partial charge in [0.15, 0.2) is 0 Å². The zero-order chi connectivity index (χ0) is 17.8. The monoisotopic (exact) mass is 332 g/mol. The predicted octanol–water partition coefficient (Wildman–Crippen LogP) is 4.41. The van der Waals surface area contributed by atoms with Gasteiger partial charge in [-0.05, 0) is 67.8 Å². The van der Waals surface area contributed by atoms with Crippen molar-refractivity contribution in [2.75, 3.05) is 7.11 Å². The van der Waals surface area contributed by atoms with Crippen molar-refractivity contribution in [3.63, 3.8) is 0 Å². The number of carbonyl (C=O) groups is 1. The molecule has 3 nitrogen and oxygen atoms in total. The lowest BCUT2D eigenvalue weighted by molar-refractivity contribution is -0.164. The molecule has 0 bridgehead atoms. The van der Waals surface area contributed by atoms with E-state index in [1.165, 1.54) is 18.3 Å². The fourth-order valence-electron chi connectivity index (χ4n) is 5.95. The van der Waals surface area contributed by atoms with Gasteiger partial charge in [0, 0.05) is 0 Å². The number of esters is 1. The Kier molecular flexibility index (Phi) is 4.23. The van der Waals surface area contributed by atoms with Crippen molar-refractivity contribution in [2.24, 2.45) is 22.2 Å². The lowest BCUT2D eigenvalue weighted by Crippen LogP contribution is -2.54. The number of aliphatic hydroxyl groups is 1. The molecule has 0 aliphatic heterocycles. The molecule has 1 saturated carbocycles. The Hall–Kier alpha value is -1.09. The Balaban J connectivity index is 2.06. The van der Waals surface area contributed by atoms with Crippen molar-refractivity contribution in [2.45, 2.75) is 71.8 Å². The molecule has 0 aromatic heterocycles. The summed E-state index contributed by atoms with van der Waals surface area (Å²) in [5, 5.41) is 10.9. The molecule has 0 radical (unpaired) electrons. The van der Waals surface area contributed by atoms with E-state index in [0.29, 0.717) is 6.42 Å². The molecule has 0 heterocycles. The second kappa shape index (κ2) is 5.72. The fraction of sp³-hybridized carbons (Fsp3) is 0.762. The molecule has 0 saturated heterocycles. The average molecular weight is 332 g/mol. The third-order valence-electron chi connectivity index (χ3n) is 7.55. The summed E-state index contributed by atoms with van der Waals surface area (Å²) in [4.78, 5) is 12.6. The summed E-state index contributed by atoms with van der Waals surface area (Å²) in [6.07, 6.45) is 8.32. The van der Waals surface area contributed by atoms with Crippen LogP contribution in [0.5, 0.6) is 0 Å². The van der Waals surface area contributed by atoms with Gasteiger partial charge in [0.05, 0.1) is 18.6 Å². The van der Waals surface area contributed by atoms with Crippen LogP contribution in [0.15, 0.2) is 23.8 Å². The SMILES string of the molecule is C=CC1(C)CCC2=C(C1)C(O)CC1C(C)(C(=O)OC)CCCC21C. The van der Waals surface area contributed by atoms with Gasteiger partial charge >= 0.3 is 5.97 Å². The standard InChI is InChI=1S/C21H32O3/c1-6-19(2)11-8-15-14(13-19)16(22)12-17-20(15,3)9-7-10-21(17,4)18(23)24-5/h6,16-17,22H,1,7-13H2,2-5H3. The molecule has 5 unspecified atom stereocenters. The Morgan fingerprint density at radius 2 is 2.00 bits per heavy atom. The highest BCUT2D eigenvalue weighted by molar-refractivity contribution is 5.77. The lowest BCUT2D eigenvalue weighted by atomic mass is 9.47. The number of ether oxygens (including phenoxy) is 1. The number of carbonyl (C=O) groups excluding carboxylic acids is 1. The molecule has 24 heavy (non-hydrogen) atoms. The summed E-state index contributed by atoms with van der Waals surface area (Å²) in [5.74, 6) is 0.0504. The summed E-state index contributed by atoms with van der Waals surface area (Å²) in [6.45, 7) is 10.6. The summed E-state index contributed by atoms with van der Waals surface area (Å²) in [5.41, 5.74) is 2.28. The largest absolute Gasteiger partial charge is 0.469 e. The van der Waals surface area contributed by atoms with Gasteiger partial charge in [-0.2, -0.15) is 0 Å². The van der Waals surface area contributed by atoms with Crippen molar-refractivity contribution in [3.05, 3.63) is 23.8 Å². The predicted molar refractivity (Wildman–Crippen MR) is 95.4 cm³/mol. The number of methoxy groups -OCH3 is 1. The van der Waals surface area contributed by atoms with Crippen LogP contribution in [0.25, 0.3) is 0 Å². The first-order valence-electron chi connectivity index (χ1n) is 9.33. The third-order valence-corrected chi connectivity index (χ3v) is 7.55. The smallest absolute Gasteiger partial charge is 0.311 e. The fourth-order valence-corrected chi connectivity index (χ4v) is 5.95. The molecule has 0 aromatic rings. The first-order chi connectivity index (χ1) is 11.2. The quantitative estimate of drug-likeness (QED) is 0.602. The number of aliphatic hydroxyl groups excluding tert-OH is 1. The Morgan fingerprint density at radius 1 is 1.29 bits per heavy atom. The van der Waals surface area contributed by atoms with E-state index in [9.17, 15) is 9.90 Å². The maximum atomic E-state index is 12.6. The van der Waals surface area contributed by atoms with E-state index in [1.807, 2.05) is 0 Å². The van der Waals surface area contributed by atoms with Crippen LogP contribution in [0.1, 0.15) is 65.7 Å². The van der Waals surface area contributed by atoms with E-state index in [-0.39, 0.29) is 22.7 Å². The highest BCUT2D eigenvalue weighted by Gasteiger charge is 2.58. The van der Waals surface area contributed by atoms with E-state index < -0.39 is 11.5 Å². The molecule has 0 aromatic carbocycles. The van der Waals surface area contributed by atoms with E-state index in [4.69, 9.17) is 4.74 Å². The van der Waals surface area contributed by atoms with Crippen molar-refractivity contribution in [1.82, 2.24) is 0 Å². The molecule has 3 heteroatoms. The molecular formula is C21H32O3. The zero-order valence-corrected chi connectivity index (χ0v) is 15.7. The topological polar surface area (TPSA) is 46.5 Å². The normalized spacial score (nSPS) is 45.2. The minimum atomic E-state index is -0.486. The number of hydrogen-bond acceptors (Lipinski definition) is 3. The van der Waals surface area contributed by atoms with Crippen LogP contribution in [-0.4, -0.2) is 24.3 Å². The van der Waals surface area contributed by atoms with Gasteiger partial charge in [-0.25, -0.2) is 0 Å². The van der Waals surface area contributed by atoms with Crippen LogP contribution < -0.4 is 0 Å². The second-order valence-corrected chi connectivity index (χ2v) is 9.02. The van der Waals surface area contributed by atoms with Gasteiger partial charge in [-0.3, -0.25) is 4.79 Å². The van der Waals surface area contributed by atoms with Crippen LogP contribution in [0.2, 0.25) is 0 Å². The Morgan fingerprint density at radius 3 is 2.62 bits per heavy atom. The van der Waals surface area contributed by atoms with Crippen molar-refractivity contribution in [3.8, 4) is 0 Å². The molecule has 3 aliphatic carbocycles. The van der Waals surface area contributed by atoms with Crippen LogP contribution in [0.4, 0.5) is 0 Å². The van der Waals surface area contributed by atoms with Crippen molar-refractivity contribution in [1.29, 1.82) is 0 Å². The first-order valence-corrected chi connectivity index (χ1v) is 9.33. The summed E-state index contributed by atoms with van der Waals surface area (Å²) in [6, 6.07) is 0.